The van der Waals surface area contributed by atoms with Crippen molar-refractivity contribution in [3.05, 3.63) is 23.8 Å². The van der Waals surface area contributed by atoms with E-state index in [9.17, 15) is 0 Å². The lowest BCUT2D eigenvalue weighted by Crippen LogP contribution is -1.87. The van der Waals surface area contributed by atoms with E-state index in [0.717, 1.165) is 16.9 Å². The maximum Gasteiger partial charge on any atom is 0.204 e. The molecule has 0 unspecified atom stereocenters. The van der Waals surface area contributed by atoms with Crippen LogP contribution in [0.4, 0.5) is 0 Å². The summed E-state index contributed by atoms with van der Waals surface area (Å²) in [7, 11) is 1.63. The van der Waals surface area contributed by atoms with Crippen molar-refractivity contribution in [2.75, 3.05) is 7.11 Å². The Kier molecular flexibility index (Phi) is 2.14. The first-order valence-electron chi connectivity index (χ1n) is 4.19. The number of methoxy groups -OCH3 is 1. The highest BCUT2D eigenvalue weighted by Crippen LogP contribution is 2.22. The summed E-state index contributed by atoms with van der Waals surface area (Å²) in [5.41, 5.74) is 2.00. The van der Waals surface area contributed by atoms with Crippen LogP contribution >= 0.6 is 0 Å². The summed E-state index contributed by atoms with van der Waals surface area (Å²) in [6.45, 7) is 1.99. The fourth-order valence-electron chi connectivity index (χ4n) is 1.28. The second-order valence-electron chi connectivity index (χ2n) is 2.97. The van der Waals surface area contributed by atoms with E-state index in [2.05, 4.69) is 20.6 Å². The van der Waals surface area contributed by atoms with Gasteiger partial charge in [-0.15, -0.1) is 10.2 Å². The molecule has 0 radical (unpaired) electrons. The van der Waals surface area contributed by atoms with Gasteiger partial charge in [-0.2, -0.15) is 5.21 Å². The van der Waals surface area contributed by atoms with Crippen LogP contribution in [0, 0.1) is 6.92 Å². The number of tetrazole rings is 1. The zero-order valence-corrected chi connectivity index (χ0v) is 7.98. The molecule has 5 heteroatoms. The molecule has 1 aromatic carbocycles. The van der Waals surface area contributed by atoms with Gasteiger partial charge in [-0.25, -0.2) is 0 Å². The molecule has 1 N–H and O–H groups in total. The molecule has 0 amide bonds. The number of aryl methyl sites for hydroxylation is 1. The molecule has 0 aliphatic heterocycles. The molecule has 0 spiro atoms. The monoisotopic (exact) mass is 190 g/mol. The molecular formula is C9H10N4O. The molecular weight excluding hydrogens is 180 g/mol. The number of H-pyrrole nitrogens is 1. The first-order chi connectivity index (χ1) is 6.79. The third kappa shape index (κ3) is 1.56. The van der Waals surface area contributed by atoms with Gasteiger partial charge in [0.25, 0.3) is 0 Å². The van der Waals surface area contributed by atoms with E-state index in [1.807, 2.05) is 25.1 Å². The predicted molar refractivity (Wildman–Crippen MR) is 50.9 cm³/mol. The van der Waals surface area contributed by atoms with Gasteiger partial charge >= 0.3 is 0 Å². The van der Waals surface area contributed by atoms with Crippen molar-refractivity contribution in [3.8, 4) is 17.1 Å². The molecule has 1 heterocycles. The number of nitrogens with zero attached hydrogens (tertiary/aromatic N) is 3. The van der Waals surface area contributed by atoms with Crippen molar-refractivity contribution in [3.63, 3.8) is 0 Å². The van der Waals surface area contributed by atoms with Crippen LogP contribution in [0.3, 0.4) is 0 Å². The molecule has 0 saturated heterocycles. The van der Waals surface area contributed by atoms with E-state index in [-0.39, 0.29) is 0 Å². The lowest BCUT2D eigenvalue weighted by Gasteiger charge is -2.03. The van der Waals surface area contributed by atoms with Gasteiger partial charge in [0.05, 0.1) is 7.11 Å². The molecule has 0 aliphatic rings. The van der Waals surface area contributed by atoms with Crippen LogP contribution in [0.2, 0.25) is 0 Å². The van der Waals surface area contributed by atoms with E-state index in [1.165, 1.54) is 0 Å². The van der Waals surface area contributed by atoms with Crippen molar-refractivity contribution < 1.29 is 4.74 Å². The Hall–Kier alpha value is -1.91. The van der Waals surface area contributed by atoms with Gasteiger partial charge < -0.3 is 4.74 Å². The summed E-state index contributed by atoms with van der Waals surface area (Å²) >= 11 is 0. The highest BCUT2D eigenvalue weighted by atomic mass is 16.5. The van der Waals surface area contributed by atoms with Gasteiger partial charge in [-0.05, 0) is 35.9 Å². The smallest absolute Gasteiger partial charge is 0.204 e. The van der Waals surface area contributed by atoms with E-state index < -0.39 is 0 Å². The number of rotatable bonds is 2. The van der Waals surface area contributed by atoms with Gasteiger partial charge in [0.15, 0.2) is 0 Å². The van der Waals surface area contributed by atoms with Crippen LogP contribution in [0.25, 0.3) is 11.4 Å². The molecule has 1 aromatic heterocycles. The van der Waals surface area contributed by atoms with Gasteiger partial charge in [0.1, 0.15) is 5.75 Å². The zero-order chi connectivity index (χ0) is 9.97. The summed E-state index contributed by atoms with van der Waals surface area (Å²) < 4.78 is 5.15. The molecule has 14 heavy (non-hydrogen) atoms. The average molecular weight is 190 g/mol. The van der Waals surface area contributed by atoms with Crippen LogP contribution in [0.1, 0.15) is 5.56 Å². The molecule has 72 valence electrons. The summed E-state index contributed by atoms with van der Waals surface area (Å²) in [4.78, 5) is 0. The maximum absolute atomic E-state index is 5.15. The minimum atomic E-state index is 0.576. The molecule has 0 saturated carbocycles. The van der Waals surface area contributed by atoms with E-state index >= 15 is 0 Å². The molecule has 0 fully saturated rings. The van der Waals surface area contributed by atoms with Crippen molar-refractivity contribution in [2.45, 2.75) is 6.92 Å². The number of nitrogens with one attached hydrogen (secondary N) is 1. The normalized spacial score (nSPS) is 10.1. The largest absolute Gasteiger partial charge is 0.497 e. The third-order valence-electron chi connectivity index (χ3n) is 1.89. The Bertz CT molecular complexity index is 424. The maximum atomic E-state index is 5.15. The van der Waals surface area contributed by atoms with E-state index in [4.69, 9.17) is 4.74 Å². The Morgan fingerprint density at radius 1 is 1.29 bits per heavy atom. The minimum absolute atomic E-state index is 0.576. The second kappa shape index (κ2) is 3.45. The predicted octanol–water partition coefficient (Wildman–Crippen LogP) is 1.18. The molecule has 2 rings (SSSR count). The van der Waals surface area contributed by atoms with Gasteiger partial charge in [-0.3, -0.25) is 0 Å². The molecule has 0 aliphatic carbocycles. The van der Waals surface area contributed by atoms with Gasteiger partial charge in [-0.1, -0.05) is 0 Å². The fraction of sp³-hybridized carbons (Fsp3) is 0.222. The van der Waals surface area contributed by atoms with Gasteiger partial charge in [0, 0.05) is 5.56 Å². The number of ether oxygens (including phenoxy) is 1. The Labute approximate surface area is 81.1 Å². The van der Waals surface area contributed by atoms with Crippen LogP contribution in [0.5, 0.6) is 5.75 Å². The second-order valence-corrected chi connectivity index (χ2v) is 2.97. The lowest BCUT2D eigenvalue weighted by atomic mass is 10.1. The fourth-order valence-corrected chi connectivity index (χ4v) is 1.28. The number of aromatic nitrogens is 4. The zero-order valence-electron chi connectivity index (χ0n) is 7.98. The topological polar surface area (TPSA) is 63.7 Å². The average Bonchev–Trinajstić information content (AvgIpc) is 2.69. The SMILES string of the molecule is COc1cc(C)cc(-c2nn[nH]n2)c1. The first kappa shape index (κ1) is 8.68. The third-order valence-corrected chi connectivity index (χ3v) is 1.89. The highest BCUT2D eigenvalue weighted by Gasteiger charge is 2.05. The van der Waals surface area contributed by atoms with Crippen LogP contribution in [-0.2, 0) is 0 Å². The van der Waals surface area contributed by atoms with Gasteiger partial charge in [0.2, 0.25) is 5.82 Å². The first-order valence-corrected chi connectivity index (χ1v) is 4.19. The van der Waals surface area contributed by atoms with E-state index in [0.29, 0.717) is 5.82 Å². The summed E-state index contributed by atoms with van der Waals surface area (Å²) in [5.74, 6) is 1.37. The number of aromatic amines is 1. The number of hydrogen-bond acceptors (Lipinski definition) is 4. The highest BCUT2D eigenvalue weighted by molar-refractivity contribution is 5.58. The Morgan fingerprint density at radius 3 is 2.79 bits per heavy atom. The van der Waals surface area contributed by atoms with Crippen LogP contribution < -0.4 is 4.74 Å². The minimum Gasteiger partial charge on any atom is -0.497 e. The lowest BCUT2D eigenvalue weighted by molar-refractivity contribution is 0.414. The summed E-state index contributed by atoms with van der Waals surface area (Å²) in [6, 6.07) is 5.80. The van der Waals surface area contributed by atoms with Crippen molar-refractivity contribution in [1.82, 2.24) is 20.6 Å². The summed E-state index contributed by atoms with van der Waals surface area (Å²) in [5, 5.41) is 13.7. The quantitative estimate of drug-likeness (QED) is 0.772. The number of hydrogen-bond donors (Lipinski definition) is 1. The Morgan fingerprint density at radius 2 is 2.14 bits per heavy atom. The summed E-state index contributed by atoms with van der Waals surface area (Å²) in [6.07, 6.45) is 0. The molecule has 5 nitrogen and oxygen atoms in total. The Balaban J connectivity index is 2.48. The molecule has 0 bridgehead atoms. The molecule has 0 atom stereocenters. The molecule has 2 aromatic rings. The number of benzene rings is 1. The van der Waals surface area contributed by atoms with Crippen molar-refractivity contribution in [1.29, 1.82) is 0 Å². The van der Waals surface area contributed by atoms with E-state index in [1.54, 1.807) is 7.11 Å². The van der Waals surface area contributed by atoms with Crippen molar-refractivity contribution in [2.24, 2.45) is 0 Å². The van der Waals surface area contributed by atoms with Crippen LogP contribution in [0.15, 0.2) is 18.2 Å². The van der Waals surface area contributed by atoms with Crippen molar-refractivity contribution >= 4 is 0 Å². The van der Waals surface area contributed by atoms with Crippen LogP contribution in [-0.4, -0.2) is 27.7 Å². The standard InChI is InChI=1S/C9H10N4O/c1-6-3-7(5-8(4-6)14-2)9-10-12-13-11-9/h3-5H,1-2H3,(H,10,11,12,13).